The van der Waals surface area contributed by atoms with Crippen LogP contribution in [-0.2, 0) is 4.74 Å². The molecular formula is C30H36N8O9. The SMILES string of the molecule is CC(C)(C)OC(=O)N1CCC(C#CCOc2cc(C(N)=O)cc([N+](=O)[O-])c2NC/C=C/CNc2ncc(C(N)=O)cc2[N+](=O)[O-])CC1. The van der Waals surface area contributed by atoms with Crippen LogP contribution in [0.3, 0.4) is 0 Å². The van der Waals surface area contributed by atoms with Crippen LogP contribution in [0.15, 0.2) is 36.5 Å². The van der Waals surface area contributed by atoms with E-state index in [1.807, 2.05) is 0 Å². The number of nitrogens with one attached hydrogen (secondary N) is 2. The number of primary amides is 2. The molecule has 2 aromatic rings. The van der Waals surface area contributed by atoms with Crippen molar-refractivity contribution in [2.75, 3.05) is 43.4 Å². The van der Waals surface area contributed by atoms with Crippen LogP contribution in [0.5, 0.6) is 5.75 Å². The molecule has 2 heterocycles. The maximum Gasteiger partial charge on any atom is 0.410 e. The molecule has 17 nitrogen and oxygen atoms in total. The summed E-state index contributed by atoms with van der Waals surface area (Å²) in [5.41, 5.74) is 8.82. The molecular weight excluding hydrogens is 616 g/mol. The highest BCUT2D eigenvalue weighted by molar-refractivity contribution is 5.96. The quantitative estimate of drug-likeness (QED) is 0.112. The number of amides is 3. The number of nitrogens with zero attached hydrogens (tertiary/aromatic N) is 4. The molecule has 0 radical (unpaired) electrons. The number of hydrogen-bond acceptors (Lipinski definition) is 12. The molecule has 1 aromatic carbocycles. The van der Waals surface area contributed by atoms with Crippen molar-refractivity contribution < 1.29 is 33.7 Å². The minimum Gasteiger partial charge on any atom is -0.478 e. The fourth-order valence-corrected chi connectivity index (χ4v) is 4.36. The molecule has 1 saturated heterocycles. The molecule has 0 unspecified atom stereocenters. The Balaban J connectivity index is 1.64. The summed E-state index contributed by atoms with van der Waals surface area (Å²) in [5.74, 6) is 4.19. The normalized spacial score (nSPS) is 13.3. The van der Waals surface area contributed by atoms with Crippen molar-refractivity contribution in [3.8, 4) is 17.6 Å². The van der Waals surface area contributed by atoms with E-state index in [2.05, 4.69) is 27.5 Å². The highest BCUT2D eigenvalue weighted by Gasteiger charge is 2.26. The summed E-state index contributed by atoms with van der Waals surface area (Å²) in [5, 5.41) is 28.8. The maximum atomic E-state index is 12.3. The minimum atomic E-state index is -0.884. The number of carbonyl (C=O) groups is 3. The zero-order chi connectivity index (χ0) is 34.7. The number of benzene rings is 1. The number of hydrogen-bond donors (Lipinski definition) is 4. The maximum absolute atomic E-state index is 12.3. The Morgan fingerprint density at radius 1 is 1.00 bits per heavy atom. The number of ether oxygens (including phenoxy) is 2. The lowest BCUT2D eigenvalue weighted by atomic mass is 9.98. The summed E-state index contributed by atoms with van der Waals surface area (Å²) in [6.45, 7) is 6.41. The lowest BCUT2D eigenvalue weighted by Crippen LogP contribution is -2.41. The summed E-state index contributed by atoms with van der Waals surface area (Å²) in [6, 6.07) is 3.33. The van der Waals surface area contributed by atoms with Gasteiger partial charge in [-0.2, -0.15) is 0 Å². The fourth-order valence-electron chi connectivity index (χ4n) is 4.36. The van der Waals surface area contributed by atoms with E-state index in [0.29, 0.717) is 25.9 Å². The highest BCUT2D eigenvalue weighted by Crippen LogP contribution is 2.36. The molecule has 0 atom stereocenters. The number of piperidine rings is 1. The van der Waals surface area contributed by atoms with E-state index < -0.39 is 38.6 Å². The Morgan fingerprint density at radius 2 is 1.60 bits per heavy atom. The predicted octanol–water partition coefficient (Wildman–Crippen LogP) is 3.21. The second-order valence-electron chi connectivity index (χ2n) is 11.3. The van der Waals surface area contributed by atoms with Crippen molar-refractivity contribution in [1.29, 1.82) is 0 Å². The average Bonchev–Trinajstić information content (AvgIpc) is 3.00. The molecule has 0 saturated carbocycles. The van der Waals surface area contributed by atoms with Crippen LogP contribution >= 0.6 is 0 Å². The van der Waals surface area contributed by atoms with Crippen molar-refractivity contribution in [3.63, 3.8) is 0 Å². The number of carbonyl (C=O) groups excluding carboxylic acids is 3. The van der Waals surface area contributed by atoms with Gasteiger partial charge < -0.3 is 36.5 Å². The zero-order valence-electron chi connectivity index (χ0n) is 26.1. The van der Waals surface area contributed by atoms with Gasteiger partial charge in [0, 0.05) is 56.0 Å². The number of anilines is 2. The Hall–Kier alpha value is -5.92. The van der Waals surface area contributed by atoms with Crippen LogP contribution in [-0.4, -0.2) is 76.0 Å². The van der Waals surface area contributed by atoms with Crippen molar-refractivity contribution in [2.45, 2.75) is 39.2 Å². The highest BCUT2D eigenvalue weighted by atomic mass is 16.6. The topological polar surface area (TPSA) is 248 Å². The van der Waals surface area contributed by atoms with Gasteiger partial charge in [-0.3, -0.25) is 29.8 Å². The van der Waals surface area contributed by atoms with Crippen LogP contribution in [0.2, 0.25) is 0 Å². The molecule has 1 aliphatic heterocycles. The molecule has 0 aliphatic carbocycles. The van der Waals surface area contributed by atoms with E-state index in [1.54, 1.807) is 37.8 Å². The number of nitrogens with two attached hydrogens (primary N) is 2. The number of nitro groups is 2. The average molecular weight is 653 g/mol. The van der Waals surface area contributed by atoms with Gasteiger partial charge in [0.1, 0.15) is 12.2 Å². The van der Waals surface area contributed by atoms with Gasteiger partial charge in [-0.1, -0.05) is 24.0 Å². The lowest BCUT2D eigenvalue weighted by molar-refractivity contribution is -0.384. The van der Waals surface area contributed by atoms with E-state index in [0.717, 1.165) is 18.3 Å². The molecule has 1 aliphatic rings. The molecule has 3 amide bonds. The van der Waals surface area contributed by atoms with Crippen LogP contribution < -0.4 is 26.8 Å². The van der Waals surface area contributed by atoms with Gasteiger partial charge in [0.2, 0.25) is 11.7 Å². The standard InChI is InChI=1S/C30H36N8O9/c1-30(2,3)47-29(41)36-12-8-19(9-13-36)7-6-14-46-24-17-20(26(31)39)15-22(37(42)43)25(24)33-10-4-5-11-34-28-23(38(44)45)16-21(18-35-28)27(32)40/h4-5,15-19,33H,8-14H2,1-3H3,(H2,31,39)(H2,32,40)(H,34,35)/b5-4+. The van der Waals surface area contributed by atoms with Gasteiger partial charge in [0.25, 0.3) is 11.6 Å². The number of pyridine rings is 1. The number of aromatic nitrogens is 1. The first-order valence-corrected chi connectivity index (χ1v) is 14.4. The van der Waals surface area contributed by atoms with Gasteiger partial charge in [0.05, 0.1) is 15.4 Å². The first-order valence-electron chi connectivity index (χ1n) is 14.4. The summed E-state index contributed by atoms with van der Waals surface area (Å²) in [4.78, 5) is 62.8. The van der Waals surface area contributed by atoms with Crippen LogP contribution in [0.4, 0.5) is 27.7 Å². The van der Waals surface area contributed by atoms with E-state index in [4.69, 9.17) is 20.9 Å². The summed E-state index contributed by atoms with van der Waals surface area (Å²) >= 11 is 0. The van der Waals surface area contributed by atoms with Crippen molar-refractivity contribution in [2.24, 2.45) is 17.4 Å². The first kappa shape index (κ1) is 35.6. The molecule has 17 heteroatoms. The second kappa shape index (κ2) is 15.9. The van der Waals surface area contributed by atoms with E-state index in [-0.39, 0.29) is 60.1 Å². The number of rotatable bonds is 12. The molecule has 250 valence electrons. The Labute approximate surface area is 270 Å². The summed E-state index contributed by atoms with van der Waals surface area (Å²) < 4.78 is 11.2. The van der Waals surface area contributed by atoms with Crippen molar-refractivity contribution >= 4 is 40.8 Å². The Kier molecular flexibility index (Phi) is 12.0. The number of likely N-dealkylation sites (tertiary alicyclic amines) is 1. The van der Waals surface area contributed by atoms with Gasteiger partial charge in [0.15, 0.2) is 11.4 Å². The van der Waals surface area contributed by atoms with Crippen molar-refractivity contribution in [3.05, 3.63) is 67.9 Å². The van der Waals surface area contributed by atoms with E-state index >= 15 is 0 Å². The van der Waals surface area contributed by atoms with Crippen LogP contribution in [0.1, 0.15) is 54.3 Å². The summed E-state index contributed by atoms with van der Waals surface area (Å²) in [6.07, 6.45) is 5.21. The second-order valence-corrected chi connectivity index (χ2v) is 11.3. The van der Waals surface area contributed by atoms with Crippen LogP contribution in [0, 0.1) is 38.0 Å². The van der Waals surface area contributed by atoms with Gasteiger partial charge in [-0.25, -0.2) is 9.78 Å². The first-order chi connectivity index (χ1) is 22.2. The molecule has 6 N–H and O–H groups in total. The Morgan fingerprint density at radius 3 is 2.17 bits per heavy atom. The lowest BCUT2D eigenvalue weighted by Gasteiger charge is -2.31. The molecule has 47 heavy (non-hydrogen) atoms. The zero-order valence-corrected chi connectivity index (χ0v) is 26.1. The van der Waals surface area contributed by atoms with E-state index in [9.17, 15) is 34.6 Å². The van der Waals surface area contributed by atoms with Crippen molar-refractivity contribution in [1.82, 2.24) is 9.88 Å². The largest absolute Gasteiger partial charge is 0.478 e. The van der Waals surface area contributed by atoms with Gasteiger partial charge >= 0.3 is 11.8 Å². The third-order valence-electron chi connectivity index (χ3n) is 6.61. The monoisotopic (exact) mass is 652 g/mol. The van der Waals surface area contributed by atoms with Gasteiger partial charge in [-0.05, 0) is 39.7 Å². The molecule has 0 spiro atoms. The molecule has 3 rings (SSSR count). The predicted molar refractivity (Wildman–Crippen MR) is 171 cm³/mol. The molecule has 1 aromatic heterocycles. The molecule has 0 bridgehead atoms. The summed E-state index contributed by atoms with van der Waals surface area (Å²) in [7, 11) is 0. The number of nitro benzene ring substituents is 1. The third-order valence-corrected chi connectivity index (χ3v) is 6.61. The van der Waals surface area contributed by atoms with E-state index in [1.165, 1.54) is 6.07 Å². The van der Waals surface area contributed by atoms with Gasteiger partial charge in [-0.15, -0.1) is 0 Å². The van der Waals surface area contributed by atoms with Crippen LogP contribution in [0.25, 0.3) is 0 Å². The molecule has 1 fully saturated rings. The Bertz CT molecular complexity index is 1620. The minimum absolute atomic E-state index is 0.00979. The fraction of sp³-hybridized carbons (Fsp3) is 0.400. The third kappa shape index (κ3) is 10.6. The smallest absolute Gasteiger partial charge is 0.410 e.